The van der Waals surface area contributed by atoms with Crippen molar-refractivity contribution in [1.82, 2.24) is 15.3 Å². The SMILES string of the molecule is COc1nc(O[C@H]2CCc3c(-c4cccc5c4CC[C@@H]5Oc4nc(OC)c(CNCC(=O)O)cc4Cl)cccc32)c(Cl)cc1CCCC(=O)O. The van der Waals surface area contributed by atoms with Gasteiger partial charge in [0.15, 0.2) is 0 Å². The van der Waals surface area contributed by atoms with Crippen LogP contribution in [0.5, 0.6) is 23.5 Å². The van der Waals surface area contributed by atoms with Crippen LogP contribution >= 0.6 is 23.2 Å². The van der Waals surface area contributed by atoms with E-state index in [0.717, 1.165) is 53.5 Å². The van der Waals surface area contributed by atoms with Crippen LogP contribution in [-0.2, 0) is 35.4 Å². The number of fused-ring (bicyclic) bond motifs is 2. The summed E-state index contributed by atoms with van der Waals surface area (Å²) in [7, 11) is 3.02. The highest BCUT2D eigenvalue weighted by Gasteiger charge is 2.32. The number of hydrogen-bond donors (Lipinski definition) is 3. The first-order valence-corrected chi connectivity index (χ1v) is 17.1. The predicted octanol–water partition coefficient (Wildman–Crippen LogP) is 7.18. The topological polar surface area (TPSA) is 149 Å². The number of carboxylic acid groups (broad SMARTS) is 2. The zero-order chi connectivity index (χ0) is 35.4. The van der Waals surface area contributed by atoms with E-state index in [2.05, 4.69) is 39.6 Å². The summed E-state index contributed by atoms with van der Waals surface area (Å²) < 4.78 is 23.8. The Morgan fingerprint density at radius 2 is 1.30 bits per heavy atom. The van der Waals surface area contributed by atoms with Crippen molar-refractivity contribution in [1.29, 1.82) is 0 Å². The van der Waals surface area contributed by atoms with E-state index in [4.69, 9.17) is 52.4 Å². The molecule has 0 radical (unpaired) electrons. The molecule has 2 atom stereocenters. The highest BCUT2D eigenvalue weighted by Crippen LogP contribution is 2.46. The second-order valence-corrected chi connectivity index (χ2v) is 13.0. The molecule has 2 aliphatic rings. The van der Waals surface area contributed by atoms with Gasteiger partial charge in [0.1, 0.15) is 22.3 Å². The lowest BCUT2D eigenvalue weighted by Crippen LogP contribution is -2.22. The zero-order valence-electron chi connectivity index (χ0n) is 27.6. The minimum absolute atomic E-state index is 0.0456. The molecule has 2 aliphatic carbocycles. The Morgan fingerprint density at radius 1 is 0.780 bits per heavy atom. The summed E-state index contributed by atoms with van der Waals surface area (Å²) in [5.41, 5.74) is 8.22. The number of carbonyl (C=O) groups is 2. The van der Waals surface area contributed by atoms with E-state index in [1.54, 1.807) is 12.1 Å². The van der Waals surface area contributed by atoms with Gasteiger partial charge in [0.25, 0.3) is 0 Å². The van der Waals surface area contributed by atoms with Gasteiger partial charge in [-0.3, -0.25) is 9.59 Å². The third-order valence-electron chi connectivity index (χ3n) is 9.01. The Morgan fingerprint density at radius 3 is 1.80 bits per heavy atom. The Kier molecular flexibility index (Phi) is 11.0. The fourth-order valence-electron chi connectivity index (χ4n) is 6.80. The highest BCUT2D eigenvalue weighted by atomic mass is 35.5. The van der Waals surface area contributed by atoms with E-state index < -0.39 is 11.9 Å². The first-order chi connectivity index (χ1) is 24.2. The largest absolute Gasteiger partial charge is 0.481 e. The summed E-state index contributed by atoms with van der Waals surface area (Å²) >= 11 is 13.2. The van der Waals surface area contributed by atoms with Gasteiger partial charge in [0.05, 0.1) is 20.8 Å². The molecule has 0 amide bonds. The van der Waals surface area contributed by atoms with E-state index in [9.17, 15) is 9.59 Å². The minimum Gasteiger partial charge on any atom is -0.481 e. The number of halogens is 2. The lowest BCUT2D eigenvalue weighted by Gasteiger charge is -2.19. The molecule has 13 heteroatoms. The van der Waals surface area contributed by atoms with E-state index in [-0.39, 0.29) is 43.5 Å². The fraction of sp³-hybridized carbons (Fsp3) is 0.351. The summed E-state index contributed by atoms with van der Waals surface area (Å²) in [5, 5.41) is 21.4. The quantitative estimate of drug-likeness (QED) is 0.115. The van der Waals surface area contributed by atoms with E-state index >= 15 is 0 Å². The van der Waals surface area contributed by atoms with Crippen LogP contribution in [0.15, 0.2) is 48.5 Å². The van der Waals surface area contributed by atoms with Gasteiger partial charge in [-0.1, -0.05) is 59.6 Å². The molecule has 0 unspecified atom stereocenters. The molecule has 11 nitrogen and oxygen atoms in total. The maximum absolute atomic E-state index is 11.0. The minimum atomic E-state index is -0.964. The smallest absolute Gasteiger partial charge is 0.317 e. The molecule has 0 saturated carbocycles. The van der Waals surface area contributed by atoms with Gasteiger partial charge in [-0.2, -0.15) is 9.97 Å². The van der Waals surface area contributed by atoms with Crippen molar-refractivity contribution in [2.24, 2.45) is 0 Å². The van der Waals surface area contributed by atoms with Gasteiger partial charge in [0, 0.05) is 24.1 Å². The van der Waals surface area contributed by atoms with Crippen LogP contribution in [0.4, 0.5) is 0 Å². The molecule has 3 N–H and O–H groups in total. The molecule has 2 heterocycles. The zero-order valence-corrected chi connectivity index (χ0v) is 29.1. The van der Waals surface area contributed by atoms with Gasteiger partial charge in [-0.15, -0.1) is 0 Å². The van der Waals surface area contributed by atoms with Crippen LogP contribution in [0.3, 0.4) is 0 Å². The number of hydrogen-bond acceptors (Lipinski definition) is 9. The normalized spacial score (nSPS) is 16.1. The molecule has 0 fully saturated rings. The average molecular weight is 723 g/mol. The highest BCUT2D eigenvalue weighted by molar-refractivity contribution is 6.32. The van der Waals surface area contributed by atoms with Gasteiger partial charge in [-0.25, -0.2) is 0 Å². The van der Waals surface area contributed by atoms with E-state index in [0.29, 0.717) is 40.2 Å². The first kappa shape index (κ1) is 35.3. The van der Waals surface area contributed by atoms with Crippen LogP contribution in [0.2, 0.25) is 10.0 Å². The van der Waals surface area contributed by atoms with Crippen LogP contribution in [-0.4, -0.2) is 52.9 Å². The van der Waals surface area contributed by atoms with Crippen molar-refractivity contribution in [3.63, 3.8) is 0 Å². The molecule has 2 aromatic heterocycles. The standard InChI is InChI=1S/C37H37Cl2N3O8/c1-47-34-20(6-3-11-32(43)44)16-28(38)36(41-34)49-30-14-12-24-22(7-4-9-26(24)30)23-8-5-10-27-25(23)13-15-31(27)50-37-29(39)17-21(35(42-37)48-2)18-40-19-33(45)46/h4-5,7-10,16-17,30-31,40H,3,6,11-15,18-19H2,1-2H3,(H,43,44)(H,45,46)/t30-,31-/m0/s1. The van der Waals surface area contributed by atoms with Crippen molar-refractivity contribution in [3.8, 4) is 34.6 Å². The maximum atomic E-state index is 11.0. The second kappa shape index (κ2) is 15.5. The Labute approximate surface area is 299 Å². The van der Waals surface area contributed by atoms with Crippen molar-refractivity contribution < 1.29 is 38.7 Å². The number of pyridine rings is 2. The van der Waals surface area contributed by atoms with Crippen molar-refractivity contribution in [2.45, 2.75) is 63.7 Å². The monoisotopic (exact) mass is 721 g/mol. The van der Waals surface area contributed by atoms with Crippen LogP contribution in [0, 0.1) is 0 Å². The molecule has 0 saturated heterocycles. The molecule has 262 valence electrons. The average Bonchev–Trinajstić information content (AvgIpc) is 3.70. The molecule has 0 spiro atoms. The van der Waals surface area contributed by atoms with Crippen LogP contribution in [0.1, 0.15) is 71.3 Å². The lowest BCUT2D eigenvalue weighted by atomic mass is 9.91. The summed E-state index contributed by atoms with van der Waals surface area (Å²) in [4.78, 5) is 30.9. The fourth-order valence-corrected chi connectivity index (χ4v) is 7.24. The molecule has 0 aliphatic heterocycles. The second-order valence-electron chi connectivity index (χ2n) is 12.2. The number of methoxy groups -OCH3 is 2. The predicted molar refractivity (Wildman–Crippen MR) is 187 cm³/mol. The number of ether oxygens (including phenoxy) is 4. The summed E-state index contributed by atoms with van der Waals surface area (Å²) in [6, 6.07) is 16.0. The van der Waals surface area contributed by atoms with Crippen LogP contribution < -0.4 is 24.3 Å². The molecular formula is C37H37Cl2N3O8. The maximum Gasteiger partial charge on any atom is 0.317 e. The molecule has 4 aromatic rings. The third kappa shape index (κ3) is 7.60. The first-order valence-electron chi connectivity index (χ1n) is 16.3. The number of aromatic nitrogens is 2. The van der Waals surface area contributed by atoms with Crippen molar-refractivity contribution >= 4 is 35.1 Å². The number of nitrogens with zero attached hydrogens (tertiary/aromatic N) is 2. The van der Waals surface area contributed by atoms with E-state index in [1.807, 2.05) is 12.1 Å². The number of aliphatic carboxylic acids is 2. The van der Waals surface area contributed by atoms with Gasteiger partial charge in [0.2, 0.25) is 23.5 Å². The number of rotatable bonds is 15. The van der Waals surface area contributed by atoms with Crippen LogP contribution in [0.25, 0.3) is 11.1 Å². The van der Waals surface area contributed by atoms with Crippen molar-refractivity contribution in [2.75, 3.05) is 20.8 Å². The number of nitrogens with one attached hydrogen (secondary N) is 1. The number of carboxylic acids is 2. The van der Waals surface area contributed by atoms with Crippen molar-refractivity contribution in [3.05, 3.63) is 92.0 Å². The Hall–Kier alpha value is -4.58. The molecule has 6 rings (SSSR count). The summed E-state index contributed by atoms with van der Waals surface area (Å²) in [6.45, 7) is 0.0253. The van der Waals surface area contributed by atoms with Gasteiger partial charge >= 0.3 is 11.9 Å². The molecule has 50 heavy (non-hydrogen) atoms. The van der Waals surface area contributed by atoms with Gasteiger partial charge in [-0.05, 0) is 84.0 Å². The lowest BCUT2D eigenvalue weighted by molar-refractivity contribution is -0.137. The molecular weight excluding hydrogens is 685 g/mol. The van der Waals surface area contributed by atoms with E-state index in [1.165, 1.54) is 25.3 Å². The molecule has 2 aromatic carbocycles. The number of benzene rings is 2. The molecule has 0 bridgehead atoms. The Balaban J connectivity index is 1.21. The number of aryl methyl sites for hydroxylation is 1. The third-order valence-corrected chi connectivity index (χ3v) is 9.55. The summed E-state index contributed by atoms with van der Waals surface area (Å²) in [5.74, 6) is -0.598. The Bertz CT molecular complexity index is 1780. The summed E-state index contributed by atoms with van der Waals surface area (Å²) in [6.07, 6.45) is 3.57. The van der Waals surface area contributed by atoms with Gasteiger partial charge < -0.3 is 34.5 Å².